The molecular formula is C11H14N2O4. The number of nitrogen functional groups attached to an aromatic ring is 1. The second-order valence-electron chi connectivity index (χ2n) is 3.42. The molecule has 0 radical (unpaired) electrons. The van der Waals surface area contributed by atoms with E-state index in [2.05, 4.69) is 4.98 Å². The lowest BCUT2D eigenvalue weighted by atomic mass is 10.2. The quantitative estimate of drug-likeness (QED) is 0.592. The average Bonchev–Trinajstić information content (AvgIpc) is 2.29. The van der Waals surface area contributed by atoms with Gasteiger partial charge in [-0.05, 0) is 12.5 Å². The van der Waals surface area contributed by atoms with E-state index in [1.165, 1.54) is 12.3 Å². The highest BCUT2D eigenvalue weighted by Crippen LogP contribution is 2.16. The molecule has 0 spiro atoms. The van der Waals surface area contributed by atoms with Crippen LogP contribution in [0.25, 0.3) is 0 Å². The van der Waals surface area contributed by atoms with E-state index in [0.717, 1.165) is 12.8 Å². The number of nitrogens with zero attached hydrogens (tertiary/aromatic N) is 1. The number of carbonyl (C=O) groups excluding carboxylic acids is 1. The molecule has 0 aliphatic heterocycles. The van der Waals surface area contributed by atoms with Gasteiger partial charge in [0.1, 0.15) is 0 Å². The molecule has 17 heavy (non-hydrogen) atoms. The molecule has 0 aliphatic carbocycles. The number of anilines is 1. The molecule has 0 aliphatic rings. The Morgan fingerprint density at radius 3 is 2.82 bits per heavy atom. The third-order valence-electron chi connectivity index (χ3n) is 2.14. The van der Waals surface area contributed by atoms with Crippen molar-refractivity contribution in [1.29, 1.82) is 0 Å². The molecule has 1 heterocycles. The van der Waals surface area contributed by atoms with Crippen LogP contribution in [0.3, 0.4) is 0 Å². The Balaban J connectivity index is 2.87. The summed E-state index contributed by atoms with van der Waals surface area (Å²) in [5, 5.41) is 8.79. The first-order valence-corrected chi connectivity index (χ1v) is 5.22. The van der Waals surface area contributed by atoms with Crippen LogP contribution in [-0.4, -0.2) is 28.6 Å². The molecule has 0 saturated carbocycles. The van der Waals surface area contributed by atoms with Gasteiger partial charge in [-0.2, -0.15) is 0 Å². The molecule has 0 saturated heterocycles. The highest BCUT2D eigenvalue weighted by atomic mass is 16.5. The molecule has 1 aromatic heterocycles. The Hall–Kier alpha value is -2.11. The molecule has 6 nitrogen and oxygen atoms in total. The molecule has 0 atom stereocenters. The largest absolute Gasteiger partial charge is 0.476 e. The van der Waals surface area contributed by atoms with E-state index in [9.17, 15) is 9.59 Å². The van der Waals surface area contributed by atoms with E-state index < -0.39 is 11.9 Å². The molecule has 0 fully saturated rings. The minimum atomic E-state index is -1.27. The number of aromatic carboxylic acids is 1. The maximum absolute atomic E-state index is 11.6. The molecule has 6 heteroatoms. The summed E-state index contributed by atoms with van der Waals surface area (Å²) in [7, 11) is 0. The molecule has 1 aromatic rings. The molecule has 1 rings (SSSR count). The van der Waals surface area contributed by atoms with Crippen molar-refractivity contribution in [3.63, 3.8) is 0 Å². The van der Waals surface area contributed by atoms with Gasteiger partial charge in [-0.15, -0.1) is 0 Å². The van der Waals surface area contributed by atoms with E-state index in [0.29, 0.717) is 6.61 Å². The van der Waals surface area contributed by atoms with Gasteiger partial charge < -0.3 is 15.6 Å². The Labute approximate surface area is 98.4 Å². The van der Waals surface area contributed by atoms with Crippen LogP contribution in [0.1, 0.15) is 40.6 Å². The Morgan fingerprint density at radius 1 is 1.53 bits per heavy atom. The zero-order valence-corrected chi connectivity index (χ0v) is 9.47. The van der Waals surface area contributed by atoms with Crippen molar-refractivity contribution in [2.45, 2.75) is 19.8 Å². The van der Waals surface area contributed by atoms with Crippen LogP contribution >= 0.6 is 0 Å². The number of rotatable bonds is 5. The van der Waals surface area contributed by atoms with E-state index in [4.69, 9.17) is 15.6 Å². The molecule has 0 bridgehead atoms. The third-order valence-corrected chi connectivity index (χ3v) is 2.14. The van der Waals surface area contributed by atoms with Crippen LogP contribution < -0.4 is 5.73 Å². The highest BCUT2D eigenvalue weighted by Gasteiger charge is 2.18. The predicted octanol–water partition coefficient (Wildman–Crippen LogP) is 1.32. The van der Waals surface area contributed by atoms with Crippen LogP contribution in [0.5, 0.6) is 0 Å². The van der Waals surface area contributed by atoms with Crippen LogP contribution in [-0.2, 0) is 4.74 Å². The van der Waals surface area contributed by atoms with E-state index in [1.54, 1.807) is 0 Å². The van der Waals surface area contributed by atoms with Gasteiger partial charge in [0, 0.05) is 6.20 Å². The van der Waals surface area contributed by atoms with Gasteiger partial charge in [0.2, 0.25) is 0 Å². The van der Waals surface area contributed by atoms with Gasteiger partial charge >= 0.3 is 11.9 Å². The maximum atomic E-state index is 11.6. The van der Waals surface area contributed by atoms with Gasteiger partial charge in [0.05, 0.1) is 17.9 Å². The molecular weight excluding hydrogens is 224 g/mol. The first-order chi connectivity index (χ1) is 8.07. The van der Waals surface area contributed by atoms with Crippen molar-refractivity contribution >= 4 is 17.6 Å². The van der Waals surface area contributed by atoms with Crippen molar-refractivity contribution < 1.29 is 19.4 Å². The number of hydrogen-bond acceptors (Lipinski definition) is 5. The summed E-state index contributed by atoms with van der Waals surface area (Å²) >= 11 is 0. The molecule has 0 aromatic carbocycles. The van der Waals surface area contributed by atoms with Crippen molar-refractivity contribution in [2.75, 3.05) is 12.3 Å². The first-order valence-electron chi connectivity index (χ1n) is 5.22. The topological polar surface area (TPSA) is 103 Å². The van der Waals surface area contributed by atoms with Crippen molar-refractivity contribution in [3.8, 4) is 0 Å². The summed E-state index contributed by atoms with van der Waals surface area (Å²) in [4.78, 5) is 25.9. The summed E-state index contributed by atoms with van der Waals surface area (Å²) in [5.74, 6) is -1.90. The van der Waals surface area contributed by atoms with Crippen molar-refractivity contribution in [1.82, 2.24) is 4.98 Å². The Morgan fingerprint density at radius 2 is 2.24 bits per heavy atom. The van der Waals surface area contributed by atoms with Gasteiger partial charge in [0.15, 0.2) is 5.69 Å². The number of ether oxygens (including phenoxy) is 1. The lowest BCUT2D eigenvalue weighted by Gasteiger charge is -2.07. The SMILES string of the molecule is CCCCOC(=O)c1ccnc(C(=O)O)c1N. The zero-order valence-electron chi connectivity index (χ0n) is 9.47. The minimum Gasteiger partial charge on any atom is -0.476 e. The molecule has 3 N–H and O–H groups in total. The number of carboxylic acids is 1. The first kappa shape index (κ1) is 13.0. The second-order valence-corrected chi connectivity index (χ2v) is 3.42. The van der Waals surface area contributed by atoms with Crippen molar-refractivity contribution in [2.24, 2.45) is 0 Å². The zero-order chi connectivity index (χ0) is 12.8. The fourth-order valence-corrected chi connectivity index (χ4v) is 1.21. The molecule has 0 amide bonds. The fourth-order valence-electron chi connectivity index (χ4n) is 1.21. The van der Waals surface area contributed by atoms with Crippen LogP contribution in [0.4, 0.5) is 5.69 Å². The monoisotopic (exact) mass is 238 g/mol. The minimum absolute atomic E-state index is 0.0357. The van der Waals surface area contributed by atoms with E-state index in [1.807, 2.05) is 6.92 Å². The van der Waals surface area contributed by atoms with Gasteiger partial charge in [-0.3, -0.25) is 0 Å². The summed E-state index contributed by atoms with van der Waals surface area (Å²) in [5.41, 5.74) is 5.08. The maximum Gasteiger partial charge on any atom is 0.356 e. The number of carboxylic acid groups (broad SMARTS) is 1. The molecule has 92 valence electrons. The average molecular weight is 238 g/mol. The van der Waals surface area contributed by atoms with Gasteiger partial charge in [-0.25, -0.2) is 14.6 Å². The van der Waals surface area contributed by atoms with Crippen LogP contribution in [0, 0.1) is 0 Å². The smallest absolute Gasteiger partial charge is 0.356 e. The number of pyridine rings is 1. The van der Waals surface area contributed by atoms with Gasteiger partial charge in [0.25, 0.3) is 0 Å². The lowest BCUT2D eigenvalue weighted by molar-refractivity contribution is 0.0501. The third kappa shape index (κ3) is 3.17. The number of hydrogen-bond donors (Lipinski definition) is 2. The van der Waals surface area contributed by atoms with Crippen molar-refractivity contribution in [3.05, 3.63) is 23.5 Å². The summed E-state index contributed by atoms with van der Waals surface area (Å²) in [6.45, 7) is 2.26. The van der Waals surface area contributed by atoms with Gasteiger partial charge in [-0.1, -0.05) is 13.3 Å². The Kier molecular flexibility index (Phi) is 4.45. The number of aromatic nitrogens is 1. The van der Waals surface area contributed by atoms with Crippen LogP contribution in [0.15, 0.2) is 12.3 Å². The highest BCUT2D eigenvalue weighted by molar-refractivity contribution is 6.01. The predicted molar refractivity (Wildman–Crippen MR) is 60.8 cm³/mol. The Bertz CT molecular complexity index is 431. The van der Waals surface area contributed by atoms with E-state index in [-0.39, 0.29) is 16.9 Å². The van der Waals surface area contributed by atoms with Crippen LogP contribution in [0.2, 0.25) is 0 Å². The summed E-state index contributed by atoms with van der Waals surface area (Å²) < 4.78 is 4.94. The summed E-state index contributed by atoms with van der Waals surface area (Å²) in [6, 6.07) is 1.34. The van der Waals surface area contributed by atoms with E-state index >= 15 is 0 Å². The summed E-state index contributed by atoms with van der Waals surface area (Å²) in [6.07, 6.45) is 2.87. The number of unbranched alkanes of at least 4 members (excludes halogenated alkanes) is 1. The fraction of sp³-hybridized carbons (Fsp3) is 0.364. The second kappa shape index (κ2) is 5.83. The molecule has 0 unspecified atom stereocenters. The normalized spacial score (nSPS) is 9.94. The number of esters is 1. The number of nitrogens with two attached hydrogens (primary N) is 1. The lowest BCUT2D eigenvalue weighted by Crippen LogP contribution is -2.14. The number of carbonyl (C=O) groups is 2. The standard InChI is InChI=1S/C11H14N2O4/c1-2-3-6-17-11(16)7-4-5-13-9(8(7)12)10(14)15/h4-5H,2-3,6,12H2,1H3,(H,14,15).